The summed E-state index contributed by atoms with van der Waals surface area (Å²) in [5, 5.41) is 13.7. The summed E-state index contributed by atoms with van der Waals surface area (Å²) in [5.41, 5.74) is 0. The summed E-state index contributed by atoms with van der Waals surface area (Å²) in [6, 6.07) is 2.69. The Hall–Kier alpha value is -2.51. The summed E-state index contributed by atoms with van der Waals surface area (Å²) in [6.07, 6.45) is 2.88. The first-order chi connectivity index (χ1) is 10.6. The fourth-order valence-electron chi connectivity index (χ4n) is 2.35. The average Bonchev–Trinajstić information content (AvgIpc) is 3.00. The van der Waals surface area contributed by atoms with E-state index in [2.05, 4.69) is 10.6 Å². The monoisotopic (exact) mass is 309 g/mol. The number of carboxylic acid groups (broad SMARTS) is 1. The molecule has 8 nitrogen and oxygen atoms in total. The Kier molecular flexibility index (Phi) is 5.40. The molecule has 0 spiro atoms. The molecule has 0 radical (unpaired) electrons. The third-order valence-corrected chi connectivity index (χ3v) is 3.40. The van der Waals surface area contributed by atoms with E-state index in [0.717, 1.165) is 12.8 Å². The zero-order valence-electron chi connectivity index (χ0n) is 12.1. The number of nitrogens with one attached hydrogen (secondary N) is 2. The maximum atomic E-state index is 12.2. The van der Waals surface area contributed by atoms with E-state index in [-0.39, 0.29) is 30.7 Å². The molecular formula is C14H19N3O5. The number of likely N-dealkylation sites (tertiary alicyclic amines) is 1. The van der Waals surface area contributed by atoms with Gasteiger partial charge in [-0.3, -0.25) is 9.59 Å². The molecule has 2 heterocycles. The Morgan fingerprint density at radius 1 is 1.41 bits per heavy atom. The minimum absolute atomic E-state index is 0.0723. The van der Waals surface area contributed by atoms with E-state index < -0.39 is 12.0 Å². The van der Waals surface area contributed by atoms with Gasteiger partial charge in [-0.05, 0) is 25.0 Å². The van der Waals surface area contributed by atoms with Crippen LogP contribution in [0.25, 0.3) is 0 Å². The van der Waals surface area contributed by atoms with Crippen LogP contribution in [0, 0.1) is 0 Å². The highest BCUT2D eigenvalue weighted by Crippen LogP contribution is 2.14. The van der Waals surface area contributed by atoms with Crippen molar-refractivity contribution in [1.29, 1.82) is 0 Å². The lowest BCUT2D eigenvalue weighted by Gasteiger charge is -2.32. The van der Waals surface area contributed by atoms with Crippen molar-refractivity contribution in [2.75, 3.05) is 19.6 Å². The zero-order chi connectivity index (χ0) is 15.9. The van der Waals surface area contributed by atoms with Crippen molar-refractivity contribution in [3.05, 3.63) is 24.2 Å². The fourth-order valence-corrected chi connectivity index (χ4v) is 2.35. The Labute approximate surface area is 127 Å². The molecule has 1 aliphatic rings. The van der Waals surface area contributed by atoms with Gasteiger partial charge in [0.15, 0.2) is 5.76 Å². The van der Waals surface area contributed by atoms with Gasteiger partial charge < -0.3 is 25.1 Å². The Balaban J connectivity index is 1.79. The van der Waals surface area contributed by atoms with Crippen LogP contribution in [0.2, 0.25) is 0 Å². The van der Waals surface area contributed by atoms with Gasteiger partial charge in [-0.1, -0.05) is 0 Å². The average molecular weight is 309 g/mol. The molecule has 1 aliphatic heterocycles. The number of carbonyl (C=O) groups is 3. The number of carbonyl (C=O) groups excluding carboxylic acids is 2. The highest BCUT2D eigenvalue weighted by atomic mass is 16.4. The number of urea groups is 1. The van der Waals surface area contributed by atoms with Gasteiger partial charge in [-0.2, -0.15) is 0 Å². The van der Waals surface area contributed by atoms with Crippen LogP contribution in [0.3, 0.4) is 0 Å². The molecule has 1 fully saturated rings. The summed E-state index contributed by atoms with van der Waals surface area (Å²) in [4.78, 5) is 35.9. The lowest BCUT2D eigenvalue weighted by molar-refractivity contribution is -0.136. The van der Waals surface area contributed by atoms with Crippen LogP contribution in [0.15, 0.2) is 22.8 Å². The second-order valence-corrected chi connectivity index (χ2v) is 5.11. The number of hydrogen-bond donors (Lipinski definition) is 3. The van der Waals surface area contributed by atoms with E-state index in [1.54, 1.807) is 17.0 Å². The minimum Gasteiger partial charge on any atom is -0.481 e. The quantitative estimate of drug-likeness (QED) is 0.739. The van der Waals surface area contributed by atoms with Crippen molar-refractivity contribution in [3.63, 3.8) is 0 Å². The Bertz CT molecular complexity index is 529. The molecule has 0 bridgehead atoms. The van der Waals surface area contributed by atoms with Gasteiger partial charge in [0.05, 0.1) is 12.7 Å². The molecule has 3 N–H and O–H groups in total. The van der Waals surface area contributed by atoms with E-state index in [9.17, 15) is 14.4 Å². The predicted octanol–water partition coefficient (Wildman–Crippen LogP) is 0.658. The maximum Gasteiger partial charge on any atom is 0.315 e. The molecule has 1 unspecified atom stereocenters. The Morgan fingerprint density at radius 2 is 2.23 bits per heavy atom. The predicted molar refractivity (Wildman–Crippen MR) is 76.4 cm³/mol. The van der Waals surface area contributed by atoms with Crippen molar-refractivity contribution in [2.24, 2.45) is 0 Å². The van der Waals surface area contributed by atoms with Gasteiger partial charge in [0, 0.05) is 25.7 Å². The molecular weight excluding hydrogens is 290 g/mol. The summed E-state index contributed by atoms with van der Waals surface area (Å²) in [7, 11) is 0. The standard InChI is InChI=1S/C14H19N3O5/c18-12(19)5-6-15-14(21)16-10-3-1-7-17(9-10)13(20)11-4-2-8-22-11/h2,4,8,10H,1,3,5-7,9H2,(H,18,19)(H2,15,16,21). The number of furan rings is 1. The van der Waals surface area contributed by atoms with Crippen LogP contribution in [0.1, 0.15) is 29.8 Å². The molecule has 0 saturated carbocycles. The highest BCUT2D eigenvalue weighted by Gasteiger charge is 2.26. The molecule has 0 aromatic carbocycles. The summed E-state index contributed by atoms with van der Waals surface area (Å²) in [5.74, 6) is -0.873. The van der Waals surface area contributed by atoms with Crippen molar-refractivity contribution in [1.82, 2.24) is 15.5 Å². The van der Waals surface area contributed by atoms with Gasteiger partial charge in [0.2, 0.25) is 0 Å². The van der Waals surface area contributed by atoms with Crippen LogP contribution in [-0.2, 0) is 4.79 Å². The second kappa shape index (κ2) is 7.48. The van der Waals surface area contributed by atoms with Crippen LogP contribution in [0.5, 0.6) is 0 Å². The van der Waals surface area contributed by atoms with Crippen LogP contribution in [-0.4, -0.2) is 53.6 Å². The number of nitrogens with zero attached hydrogens (tertiary/aromatic N) is 1. The number of piperidine rings is 1. The SMILES string of the molecule is O=C(O)CCNC(=O)NC1CCCN(C(=O)c2ccco2)C1. The van der Waals surface area contributed by atoms with E-state index in [4.69, 9.17) is 9.52 Å². The van der Waals surface area contributed by atoms with Crippen molar-refractivity contribution in [2.45, 2.75) is 25.3 Å². The van der Waals surface area contributed by atoms with Gasteiger partial charge >= 0.3 is 12.0 Å². The molecule has 0 aliphatic carbocycles. The highest BCUT2D eigenvalue weighted by molar-refractivity contribution is 5.91. The van der Waals surface area contributed by atoms with E-state index in [1.807, 2.05) is 0 Å². The van der Waals surface area contributed by atoms with E-state index >= 15 is 0 Å². The molecule has 8 heteroatoms. The summed E-state index contributed by atoms with van der Waals surface area (Å²) >= 11 is 0. The number of carboxylic acids is 1. The molecule has 1 aromatic heterocycles. The van der Waals surface area contributed by atoms with E-state index in [0.29, 0.717) is 13.1 Å². The maximum absolute atomic E-state index is 12.2. The lowest BCUT2D eigenvalue weighted by Crippen LogP contribution is -2.52. The van der Waals surface area contributed by atoms with Crippen molar-refractivity contribution >= 4 is 17.9 Å². The van der Waals surface area contributed by atoms with Gasteiger partial charge in [0.1, 0.15) is 0 Å². The minimum atomic E-state index is -0.965. The second-order valence-electron chi connectivity index (χ2n) is 5.11. The molecule has 2 rings (SSSR count). The third-order valence-electron chi connectivity index (χ3n) is 3.40. The smallest absolute Gasteiger partial charge is 0.315 e. The number of aliphatic carboxylic acids is 1. The topological polar surface area (TPSA) is 112 Å². The molecule has 120 valence electrons. The first kappa shape index (κ1) is 15.9. The van der Waals surface area contributed by atoms with E-state index in [1.165, 1.54) is 6.26 Å². The lowest BCUT2D eigenvalue weighted by atomic mass is 10.1. The van der Waals surface area contributed by atoms with Crippen LogP contribution in [0.4, 0.5) is 4.79 Å². The number of rotatable bonds is 5. The molecule has 1 saturated heterocycles. The first-order valence-electron chi connectivity index (χ1n) is 7.15. The van der Waals surface area contributed by atoms with Crippen LogP contribution < -0.4 is 10.6 Å². The molecule has 3 amide bonds. The van der Waals surface area contributed by atoms with Crippen molar-refractivity contribution < 1.29 is 23.9 Å². The van der Waals surface area contributed by atoms with Crippen LogP contribution >= 0.6 is 0 Å². The first-order valence-corrected chi connectivity index (χ1v) is 7.15. The normalized spacial score (nSPS) is 17.8. The number of amides is 3. The van der Waals surface area contributed by atoms with Gasteiger partial charge in [-0.25, -0.2) is 4.79 Å². The van der Waals surface area contributed by atoms with Crippen molar-refractivity contribution in [3.8, 4) is 0 Å². The third kappa shape index (κ3) is 4.51. The molecule has 22 heavy (non-hydrogen) atoms. The zero-order valence-corrected chi connectivity index (χ0v) is 12.1. The summed E-state index contributed by atoms with van der Waals surface area (Å²) in [6.45, 7) is 1.10. The van der Waals surface area contributed by atoms with Gasteiger partial charge in [0.25, 0.3) is 5.91 Å². The largest absolute Gasteiger partial charge is 0.481 e. The Morgan fingerprint density at radius 3 is 2.91 bits per heavy atom. The summed E-state index contributed by atoms with van der Waals surface area (Å²) < 4.78 is 5.09. The molecule has 1 aromatic rings. The van der Waals surface area contributed by atoms with Gasteiger partial charge in [-0.15, -0.1) is 0 Å². The number of hydrogen-bond acceptors (Lipinski definition) is 4. The molecule has 1 atom stereocenters. The fraction of sp³-hybridized carbons (Fsp3) is 0.500.